The summed E-state index contributed by atoms with van der Waals surface area (Å²) in [6.45, 7) is 5.65. The summed E-state index contributed by atoms with van der Waals surface area (Å²) in [5, 5.41) is 2.69. The molecular weight excluding hydrogens is 304 g/mol. The summed E-state index contributed by atoms with van der Waals surface area (Å²) in [6.07, 6.45) is 1.62. The number of carbonyl (C=O) groups is 1. The number of nitrogens with one attached hydrogen (secondary N) is 1. The van der Waals surface area contributed by atoms with Crippen LogP contribution in [0.3, 0.4) is 0 Å². The van der Waals surface area contributed by atoms with Gasteiger partial charge in [-0.15, -0.1) is 19.0 Å². The maximum absolute atomic E-state index is 11.8. The highest BCUT2D eigenvalue weighted by Crippen LogP contribution is 2.20. The Morgan fingerprint density at radius 3 is 2.53 bits per heavy atom. The highest BCUT2D eigenvalue weighted by molar-refractivity contribution is 9.10. The zero-order chi connectivity index (χ0) is 12.2. The molecule has 1 unspecified atom stereocenters. The molecule has 0 radical (unpaired) electrons. The number of halogens is 2. The third kappa shape index (κ3) is 4.15. The first-order valence-corrected chi connectivity index (χ1v) is 5.72. The summed E-state index contributed by atoms with van der Waals surface area (Å²) in [6, 6.07) is 7.39. The molecule has 1 aromatic carbocycles. The van der Waals surface area contributed by atoms with Crippen molar-refractivity contribution in [3.05, 3.63) is 47.0 Å². The Hall–Kier alpha value is -0.840. The van der Waals surface area contributed by atoms with Crippen LogP contribution in [0.4, 0.5) is 0 Å². The van der Waals surface area contributed by atoms with Gasteiger partial charge >= 0.3 is 0 Å². The van der Waals surface area contributed by atoms with E-state index in [0.717, 1.165) is 10.0 Å². The first-order chi connectivity index (χ1) is 7.48. The second-order valence-corrected chi connectivity index (χ2v) is 4.62. The zero-order valence-electron chi connectivity index (χ0n) is 9.57. The molecule has 0 fully saturated rings. The Kier molecular flexibility index (Phi) is 6.45. The lowest BCUT2D eigenvalue weighted by atomic mass is 9.92. The van der Waals surface area contributed by atoms with Gasteiger partial charge in [-0.25, -0.2) is 0 Å². The van der Waals surface area contributed by atoms with E-state index in [1.54, 1.807) is 13.0 Å². The molecule has 0 saturated heterocycles. The third-order valence-corrected chi connectivity index (χ3v) is 2.85. The van der Waals surface area contributed by atoms with Crippen LogP contribution in [0.1, 0.15) is 12.5 Å². The van der Waals surface area contributed by atoms with Gasteiger partial charge in [0, 0.05) is 11.0 Å². The minimum Gasteiger partial charge on any atom is -0.351 e. The van der Waals surface area contributed by atoms with Crippen molar-refractivity contribution in [1.82, 2.24) is 5.32 Å². The number of rotatable bonds is 4. The summed E-state index contributed by atoms with van der Waals surface area (Å²) in [4.78, 5) is 11.8. The zero-order valence-corrected chi connectivity index (χ0v) is 12.0. The van der Waals surface area contributed by atoms with E-state index in [1.165, 1.54) is 0 Å². The van der Waals surface area contributed by atoms with Crippen molar-refractivity contribution in [3.8, 4) is 0 Å². The Bertz CT molecular complexity index is 390. The molecule has 0 bridgehead atoms. The molecule has 1 aromatic rings. The lowest BCUT2D eigenvalue weighted by Gasteiger charge is -2.23. The molecule has 3 N–H and O–H groups in total. The number of amides is 1. The Balaban J connectivity index is 0.00000256. The van der Waals surface area contributed by atoms with Gasteiger partial charge in [-0.1, -0.05) is 34.1 Å². The van der Waals surface area contributed by atoms with Crippen LogP contribution in [0.5, 0.6) is 0 Å². The maximum Gasteiger partial charge on any atom is 0.244 e. The third-order valence-electron chi connectivity index (χ3n) is 2.32. The topological polar surface area (TPSA) is 55.1 Å². The molecule has 17 heavy (non-hydrogen) atoms. The standard InChI is InChI=1S/C12H15BrN2O.ClH/c1-3-8-15-11(16)12(2,14)9-4-6-10(13)7-5-9;/h3-7H,1,8,14H2,2H3,(H,15,16);1H. The van der Waals surface area contributed by atoms with E-state index in [-0.39, 0.29) is 18.3 Å². The Morgan fingerprint density at radius 1 is 1.53 bits per heavy atom. The maximum atomic E-state index is 11.8. The van der Waals surface area contributed by atoms with Gasteiger partial charge < -0.3 is 11.1 Å². The second kappa shape index (κ2) is 6.79. The number of nitrogens with two attached hydrogens (primary N) is 1. The van der Waals surface area contributed by atoms with Gasteiger partial charge in [-0.2, -0.15) is 0 Å². The van der Waals surface area contributed by atoms with E-state index < -0.39 is 5.54 Å². The van der Waals surface area contributed by atoms with Crippen molar-refractivity contribution in [2.75, 3.05) is 6.54 Å². The van der Waals surface area contributed by atoms with Crippen LogP contribution >= 0.6 is 28.3 Å². The molecule has 94 valence electrons. The largest absolute Gasteiger partial charge is 0.351 e. The van der Waals surface area contributed by atoms with Crippen LogP contribution in [-0.2, 0) is 10.3 Å². The van der Waals surface area contributed by atoms with Crippen LogP contribution in [0, 0.1) is 0 Å². The lowest BCUT2D eigenvalue weighted by Crippen LogP contribution is -2.49. The summed E-state index contributed by atoms with van der Waals surface area (Å²) < 4.78 is 0.957. The molecule has 0 saturated carbocycles. The van der Waals surface area contributed by atoms with Gasteiger partial charge in [0.1, 0.15) is 5.54 Å². The van der Waals surface area contributed by atoms with Crippen molar-refractivity contribution >= 4 is 34.2 Å². The number of hydrogen-bond donors (Lipinski definition) is 2. The molecule has 0 spiro atoms. The Labute approximate surface area is 116 Å². The molecule has 3 nitrogen and oxygen atoms in total. The van der Waals surface area contributed by atoms with Crippen LogP contribution < -0.4 is 11.1 Å². The Morgan fingerprint density at radius 2 is 2.06 bits per heavy atom. The molecule has 0 aliphatic carbocycles. The van der Waals surface area contributed by atoms with E-state index in [0.29, 0.717) is 6.54 Å². The van der Waals surface area contributed by atoms with Gasteiger partial charge in [-0.3, -0.25) is 4.79 Å². The highest BCUT2D eigenvalue weighted by atomic mass is 79.9. The molecular formula is C12H16BrClN2O. The predicted octanol–water partition coefficient (Wildman–Crippen LogP) is 2.35. The molecule has 0 aliphatic heterocycles. The van der Waals surface area contributed by atoms with Gasteiger partial charge in [0.05, 0.1) is 0 Å². The summed E-state index contributed by atoms with van der Waals surface area (Å²) in [5.74, 6) is -0.213. The average Bonchev–Trinajstić information content (AvgIpc) is 2.26. The average molecular weight is 320 g/mol. The number of carbonyl (C=O) groups excluding carboxylic acids is 1. The fourth-order valence-corrected chi connectivity index (χ4v) is 1.54. The van der Waals surface area contributed by atoms with E-state index in [2.05, 4.69) is 27.8 Å². The normalized spacial score (nSPS) is 13.1. The highest BCUT2D eigenvalue weighted by Gasteiger charge is 2.29. The monoisotopic (exact) mass is 318 g/mol. The van der Waals surface area contributed by atoms with E-state index in [4.69, 9.17) is 5.73 Å². The van der Waals surface area contributed by atoms with Crippen molar-refractivity contribution in [1.29, 1.82) is 0 Å². The van der Waals surface area contributed by atoms with Gasteiger partial charge in [0.2, 0.25) is 5.91 Å². The number of hydrogen-bond acceptors (Lipinski definition) is 2. The van der Waals surface area contributed by atoms with Gasteiger partial charge in [0.15, 0.2) is 0 Å². The SMILES string of the molecule is C=CCNC(=O)C(C)(N)c1ccc(Br)cc1.Cl. The second-order valence-electron chi connectivity index (χ2n) is 3.71. The van der Waals surface area contributed by atoms with Crippen LogP contribution in [-0.4, -0.2) is 12.5 Å². The molecule has 0 aromatic heterocycles. The molecule has 1 atom stereocenters. The predicted molar refractivity (Wildman–Crippen MR) is 76.1 cm³/mol. The molecule has 0 aliphatic rings. The molecule has 1 amide bonds. The van der Waals surface area contributed by atoms with E-state index in [9.17, 15) is 4.79 Å². The minimum atomic E-state index is -1.02. The van der Waals surface area contributed by atoms with Crippen LogP contribution in [0.2, 0.25) is 0 Å². The smallest absolute Gasteiger partial charge is 0.244 e. The fourth-order valence-electron chi connectivity index (χ4n) is 1.28. The fraction of sp³-hybridized carbons (Fsp3) is 0.250. The summed E-state index contributed by atoms with van der Waals surface area (Å²) in [7, 11) is 0. The first-order valence-electron chi connectivity index (χ1n) is 4.92. The summed E-state index contributed by atoms with van der Waals surface area (Å²) in [5.41, 5.74) is 5.76. The minimum absolute atomic E-state index is 0. The van der Waals surface area contributed by atoms with Crippen molar-refractivity contribution in [2.24, 2.45) is 5.73 Å². The van der Waals surface area contributed by atoms with E-state index >= 15 is 0 Å². The molecule has 1 rings (SSSR count). The van der Waals surface area contributed by atoms with Crippen molar-refractivity contribution < 1.29 is 4.79 Å². The van der Waals surface area contributed by atoms with Crippen molar-refractivity contribution in [2.45, 2.75) is 12.5 Å². The van der Waals surface area contributed by atoms with Crippen molar-refractivity contribution in [3.63, 3.8) is 0 Å². The first kappa shape index (κ1) is 16.2. The van der Waals surface area contributed by atoms with Crippen LogP contribution in [0.15, 0.2) is 41.4 Å². The molecule has 0 heterocycles. The molecule has 5 heteroatoms. The van der Waals surface area contributed by atoms with Crippen LogP contribution in [0.25, 0.3) is 0 Å². The lowest BCUT2D eigenvalue weighted by molar-refractivity contribution is -0.125. The summed E-state index contributed by atoms with van der Waals surface area (Å²) >= 11 is 3.34. The van der Waals surface area contributed by atoms with E-state index in [1.807, 2.05) is 24.3 Å². The van der Waals surface area contributed by atoms with Gasteiger partial charge in [0.25, 0.3) is 0 Å². The number of benzene rings is 1. The quantitative estimate of drug-likeness (QED) is 0.837. The van der Waals surface area contributed by atoms with Gasteiger partial charge in [-0.05, 0) is 24.6 Å².